The molecule has 0 aliphatic carbocycles. The van der Waals surface area contributed by atoms with Crippen LogP contribution in [0.4, 0.5) is 0 Å². The first-order valence-electron chi connectivity index (χ1n) is 4.94. The topological polar surface area (TPSA) is 46.2 Å². The zero-order valence-electron chi connectivity index (χ0n) is 9.08. The Morgan fingerprint density at radius 1 is 1.35 bits per heavy atom. The first-order chi connectivity index (χ1) is 7.90. The number of hydrogen-bond donors (Lipinski definition) is 1. The van der Waals surface area contributed by atoms with Crippen molar-refractivity contribution in [2.75, 3.05) is 5.33 Å². The van der Waals surface area contributed by atoms with Crippen molar-refractivity contribution in [2.45, 2.75) is 24.3 Å². The second-order valence-electron chi connectivity index (χ2n) is 3.46. The Kier molecular flexibility index (Phi) is 5.73. The molecule has 17 heavy (non-hydrogen) atoms. The van der Waals surface area contributed by atoms with Crippen molar-refractivity contribution in [1.82, 2.24) is 4.72 Å². The molecule has 0 spiro atoms. The molecule has 1 unspecified atom stereocenters. The number of halogens is 3. The molecule has 0 bridgehead atoms. The Morgan fingerprint density at radius 3 is 2.47 bits per heavy atom. The van der Waals surface area contributed by atoms with Crippen molar-refractivity contribution in [3.63, 3.8) is 0 Å². The van der Waals surface area contributed by atoms with Gasteiger partial charge in [0.25, 0.3) is 0 Å². The summed E-state index contributed by atoms with van der Waals surface area (Å²) in [5.74, 6) is 0. The van der Waals surface area contributed by atoms with Gasteiger partial charge in [0.2, 0.25) is 10.0 Å². The van der Waals surface area contributed by atoms with Crippen molar-refractivity contribution < 1.29 is 8.42 Å². The van der Waals surface area contributed by atoms with E-state index in [0.29, 0.717) is 16.8 Å². The van der Waals surface area contributed by atoms with Crippen LogP contribution in [0.3, 0.4) is 0 Å². The molecule has 0 radical (unpaired) electrons. The van der Waals surface area contributed by atoms with Crippen molar-refractivity contribution in [2.24, 2.45) is 0 Å². The molecular formula is C10H12BrCl2NO2S. The summed E-state index contributed by atoms with van der Waals surface area (Å²) >= 11 is 14.8. The van der Waals surface area contributed by atoms with Crippen LogP contribution in [-0.2, 0) is 10.0 Å². The maximum Gasteiger partial charge on any atom is 0.240 e. The average molecular weight is 361 g/mol. The van der Waals surface area contributed by atoms with E-state index in [-0.39, 0.29) is 16.0 Å². The predicted molar refractivity (Wildman–Crippen MR) is 74.7 cm³/mol. The van der Waals surface area contributed by atoms with Crippen LogP contribution < -0.4 is 4.72 Å². The Labute approximate surface area is 120 Å². The van der Waals surface area contributed by atoms with Crippen LogP contribution in [0, 0.1) is 0 Å². The Balaban J connectivity index is 3.01. The van der Waals surface area contributed by atoms with Crippen molar-refractivity contribution in [3.8, 4) is 0 Å². The highest BCUT2D eigenvalue weighted by atomic mass is 79.9. The predicted octanol–water partition coefficient (Wildman–Crippen LogP) is 3.45. The fraction of sp³-hybridized carbons (Fsp3) is 0.400. The monoisotopic (exact) mass is 359 g/mol. The van der Waals surface area contributed by atoms with E-state index in [1.807, 2.05) is 6.92 Å². The molecule has 1 aromatic rings. The fourth-order valence-electron chi connectivity index (χ4n) is 1.16. The van der Waals surface area contributed by atoms with Crippen molar-refractivity contribution in [3.05, 3.63) is 28.2 Å². The molecule has 0 fully saturated rings. The Hall–Kier alpha value is 0.190. The van der Waals surface area contributed by atoms with Crippen molar-refractivity contribution in [1.29, 1.82) is 0 Å². The lowest BCUT2D eigenvalue weighted by Crippen LogP contribution is -2.35. The van der Waals surface area contributed by atoms with Gasteiger partial charge >= 0.3 is 0 Å². The second kappa shape index (κ2) is 6.38. The molecule has 1 atom stereocenters. The molecule has 1 aromatic carbocycles. The Morgan fingerprint density at radius 2 is 2.00 bits per heavy atom. The van der Waals surface area contributed by atoms with Gasteiger partial charge in [0.15, 0.2) is 0 Å². The highest BCUT2D eigenvalue weighted by molar-refractivity contribution is 9.09. The van der Waals surface area contributed by atoms with Crippen LogP contribution >= 0.6 is 39.1 Å². The summed E-state index contributed by atoms with van der Waals surface area (Å²) in [5.41, 5.74) is 0. The zero-order valence-corrected chi connectivity index (χ0v) is 13.0. The molecule has 3 nitrogen and oxygen atoms in total. The van der Waals surface area contributed by atoms with Gasteiger partial charge in [-0.25, -0.2) is 13.1 Å². The standard InChI is InChI=1S/C10H12BrCl2NO2S/c1-2-7(6-11)14-17(15,16)8-3-4-9(12)10(13)5-8/h3-5,7,14H,2,6H2,1H3. The van der Waals surface area contributed by atoms with Crippen LogP contribution in [0.2, 0.25) is 10.0 Å². The number of hydrogen-bond acceptors (Lipinski definition) is 2. The van der Waals surface area contributed by atoms with E-state index in [9.17, 15) is 8.42 Å². The third-order valence-corrected chi connectivity index (χ3v) is 5.24. The molecule has 0 aromatic heterocycles. The van der Waals surface area contributed by atoms with Crippen LogP contribution in [0.1, 0.15) is 13.3 Å². The van der Waals surface area contributed by atoms with Gasteiger partial charge < -0.3 is 0 Å². The summed E-state index contributed by atoms with van der Waals surface area (Å²) in [4.78, 5) is 0.117. The lowest BCUT2D eigenvalue weighted by atomic mass is 10.3. The minimum absolute atomic E-state index is 0.117. The van der Waals surface area contributed by atoms with Gasteiger partial charge in [-0.15, -0.1) is 0 Å². The SMILES string of the molecule is CCC(CBr)NS(=O)(=O)c1ccc(Cl)c(Cl)c1. The number of benzene rings is 1. The summed E-state index contributed by atoms with van der Waals surface area (Å²) in [5, 5.41) is 1.11. The summed E-state index contributed by atoms with van der Waals surface area (Å²) < 4.78 is 26.6. The van der Waals surface area contributed by atoms with Crippen LogP contribution in [0.15, 0.2) is 23.1 Å². The molecule has 1 N–H and O–H groups in total. The lowest BCUT2D eigenvalue weighted by molar-refractivity contribution is 0.559. The van der Waals surface area contributed by atoms with Crippen LogP contribution in [-0.4, -0.2) is 19.8 Å². The quantitative estimate of drug-likeness (QED) is 0.817. The van der Waals surface area contributed by atoms with E-state index >= 15 is 0 Å². The van der Waals surface area contributed by atoms with E-state index in [1.165, 1.54) is 18.2 Å². The maximum absolute atomic E-state index is 12.0. The molecule has 1 rings (SSSR count). The highest BCUT2D eigenvalue weighted by Gasteiger charge is 2.19. The summed E-state index contributed by atoms with van der Waals surface area (Å²) in [6.45, 7) is 1.91. The van der Waals surface area contributed by atoms with Gasteiger partial charge in [-0.3, -0.25) is 0 Å². The summed E-state index contributed by atoms with van der Waals surface area (Å²) in [6.07, 6.45) is 0.700. The number of rotatable bonds is 5. The van der Waals surface area contributed by atoms with Gasteiger partial charge in [0.1, 0.15) is 0 Å². The first kappa shape index (κ1) is 15.2. The smallest absolute Gasteiger partial charge is 0.207 e. The number of sulfonamides is 1. The maximum atomic E-state index is 12.0. The fourth-order valence-corrected chi connectivity index (χ4v) is 3.70. The van der Waals surface area contributed by atoms with Gasteiger partial charge in [0, 0.05) is 11.4 Å². The molecule has 7 heteroatoms. The third kappa shape index (κ3) is 4.10. The van der Waals surface area contributed by atoms with Gasteiger partial charge in [-0.1, -0.05) is 46.1 Å². The molecular weight excluding hydrogens is 349 g/mol. The minimum atomic E-state index is -3.55. The van der Waals surface area contributed by atoms with Gasteiger partial charge in [-0.2, -0.15) is 0 Å². The summed E-state index contributed by atoms with van der Waals surface area (Å²) in [7, 11) is -3.55. The van der Waals surface area contributed by atoms with E-state index in [4.69, 9.17) is 23.2 Å². The molecule has 0 aliphatic rings. The number of nitrogens with one attached hydrogen (secondary N) is 1. The largest absolute Gasteiger partial charge is 0.240 e. The van der Waals surface area contributed by atoms with Crippen molar-refractivity contribution >= 4 is 49.2 Å². The van der Waals surface area contributed by atoms with E-state index in [1.54, 1.807) is 0 Å². The lowest BCUT2D eigenvalue weighted by Gasteiger charge is -2.14. The van der Waals surface area contributed by atoms with E-state index in [2.05, 4.69) is 20.7 Å². The average Bonchev–Trinajstić information content (AvgIpc) is 2.29. The van der Waals surface area contributed by atoms with Gasteiger partial charge in [0.05, 0.1) is 14.9 Å². The van der Waals surface area contributed by atoms with Crippen LogP contribution in [0.5, 0.6) is 0 Å². The van der Waals surface area contributed by atoms with E-state index in [0.717, 1.165) is 0 Å². The molecule has 0 amide bonds. The summed E-state index contributed by atoms with van der Waals surface area (Å²) in [6, 6.07) is 4.09. The normalized spacial score (nSPS) is 13.6. The highest BCUT2D eigenvalue weighted by Crippen LogP contribution is 2.24. The number of alkyl halides is 1. The second-order valence-corrected chi connectivity index (χ2v) is 6.63. The molecule has 0 heterocycles. The van der Waals surface area contributed by atoms with Gasteiger partial charge in [-0.05, 0) is 24.6 Å². The molecule has 96 valence electrons. The van der Waals surface area contributed by atoms with Crippen LogP contribution in [0.25, 0.3) is 0 Å². The van der Waals surface area contributed by atoms with E-state index < -0.39 is 10.0 Å². The molecule has 0 aliphatic heterocycles. The Bertz CT molecular complexity index is 489. The first-order valence-corrected chi connectivity index (χ1v) is 8.30. The third-order valence-electron chi connectivity index (χ3n) is 2.20. The molecule has 0 saturated carbocycles. The zero-order chi connectivity index (χ0) is 13.1. The molecule has 0 saturated heterocycles. The minimum Gasteiger partial charge on any atom is -0.207 e.